The number of carbonyl (C=O) groups is 3. The average molecular weight is 528 g/mol. The zero-order valence-corrected chi connectivity index (χ0v) is 21.7. The Balaban J connectivity index is 1.39. The van der Waals surface area contributed by atoms with Crippen molar-refractivity contribution in [2.75, 3.05) is 12.0 Å². The molecular weight excluding hydrogens is 502 g/mol. The summed E-state index contributed by atoms with van der Waals surface area (Å²) in [7, 11) is 1.54. The number of rotatable bonds is 5. The summed E-state index contributed by atoms with van der Waals surface area (Å²) in [5.41, 5.74) is 6.40. The van der Waals surface area contributed by atoms with E-state index in [0.717, 1.165) is 22.3 Å². The van der Waals surface area contributed by atoms with Gasteiger partial charge < -0.3 is 4.74 Å². The molecule has 4 aromatic rings. The molecule has 0 radical (unpaired) electrons. The topological polar surface area (TPSA) is 88.1 Å². The Morgan fingerprint density at radius 3 is 2.17 bits per heavy atom. The van der Waals surface area contributed by atoms with E-state index in [4.69, 9.17) is 4.74 Å². The van der Waals surface area contributed by atoms with Crippen LogP contribution in [0, 0.1) is 11.8 Å². The van der Waals surface area contributed by atoms with Crippen LogP contribution >= 0.6 is 0 Å². The van der Waals surface area contributed by atoms with Crippen LogP contribution in [0.3, 0.4) is 0 Å². The third kappa shape index (κ3) is 3.24. The van der Waals surface area contributed by atoms with E-state index in [0.29, 0.717) is 17.0 Å². The largest absolute Gasteiger partial charge is 0.497 e. The van der Waals surface area contributed by atoms with Crippen LogP contribution in [0.2, 0.25) is 0 Å². The predicted octanol–water partition coefficient (Wildman–Crippen LogP) is 4.66. The lowest BCUT2D eigenvalue weighted by atomic mass is 9.47. The van der Waals surface area contributed by atoms with Crippen molar-refractivity contribution in [3.05, 3.63) is 131 Å². The summed E-state index contributed by atoms with van der Waals surface area (Å²) in [5.74, 6) is -1.90. The molecule has 40 heavy (non-hydrogen) atoms. The van der Waals surface area contributed by atoms with Crippen LogP contribution in [-0.2, 0) is 15.0 Å². The SMILES string of the molecule is COc1cccc(C(=O)N/N=C\C23c4ccccc4C(c4ccccc42)[C@H]2C(=O)N(c4ccccc4)C(=O)[C@H]23)c1. The van der Waals surface area contributed by atoms with Crippen molar-refractivity contribution in [3.63, 3.8) is 0 Å². The Morgan fingerprint density at radius 2 is 1.50 bits per heavy atom. The van der Waals surface area contributed by atoms with Crippen LogP contribution in [0.5, 0.6) is 5.75 Å². The molecule has 0 saturated carbocycles. The van der Waals surface area contributed by atoms with Gasteiger partial charge in [0.1, 0.15) is 5.75 Å². The second-order valence-corrected chi connectivity index (χ2v) is 10.3. The monoisotopic (exact) mass is 527 g/mol. The Kier molecular flexibility index (Phi) is 5.42. The number of para-hydroxylation sites is 1. The number of nitrogens with one attached hydrogen (secondary N) is 1. The number of ether oxygens (including phenoxy) is 1. The zero-order chi connectivity index (χ0) is 27.4. The maximum atomic E-state index is 14.3. The average Bonchev–Trinajstić information content (AvgIpc) is 3.28. The van der Waals surface area contributed by atoms with E-state index in [9.17, 15) is 14.4 Å². The van der Waals surface area contributed by atoms with Gasteiger partial charge in [0.25, 0.3) is 5.91 Å². The molecule has 4 aromatic carbocycles. The van der Waals surface area contributed by atoms with Crippen molar-refractivity contribution >= 4 is 29.6 Å². The van der Waals surface area contributed by atoms with Crippen LogP contribution < -0.4 is 15.1 Å². The zero-order valence-electron chi connectivity index (χ0n) is 21.7. The van der Waals surface area contributed by atoms with Gasteiger partial charge in [-0.3, -0.25) is 14.4 Å². The fraction of sp³-hybridized carbons (Fsp3) is 0.152. The Morgan fingerprint density at radius 1 is 0.850 bits per heavy atom. The van der Waals surface area contributed by atoms with E-state index in [2.05, 4.69) is 10.5 Å². The van der Waals surface area contributed by atoms with E-state index >= 15 is 0 Å². The molecular formula is C33H25N3O4. The first-order valence-electron chi connectivity index (χ1n) is 13.2. The number of imide groups is 1. The van der Waals surface area contributed by atoms with Gasteiger partial charge in [-0.1, -0.05) is 72.8 Å². The molecule has 2 bridgehead atoms. The highest BCUT2D eigenvalue weighted by Crippen LogP contribution is 2.63. The van der Waals surface area contributed by atoms with Crippen molar-refractivity contribution < 1.29 is 19.1 Å². The molecule has 7 nitrogen and oxygen atoms in total. The van der Waals surface area contributed by atoms with Gasteiger partial charge in [-0.2, -0.15) is 5.10 Å². The van der Waals surface area contributed by atoms with Crippen molar-refractivity contribution in [3.8, 4) is 5.75 Å². The molecule has 1 N–H and O–H groups in total. The normalized spacial score (nSPS) is 24.0. The number of benzene rings is 4. The van der Waals surface area contributed by atoms with Crippen LogP contribution in [-0.4, -0.2) is 31.0 Å². The minimum absolute atomic E-state index is 0.214. The molecule has 0 aromatic heterocycles. The van der Waals surface area contributed by atoms with E-state index in [1.54, 1.807) is 42.6 Å². The highest BCUT2D eigenvalue weighted by Gasteiger charge is 2.68. The van der Waals surface area contributed by atoms with E-state index in [1.165, 1.54) is 12.0 Å². The van der Waals surface area contributed by atoms with Crippen molar-refractivity contribution in [1.29, 1.82) is 0 Å². The van der Waals surface area contributed by atoms with Crippen LogP contribution in [0.15, 0.2) is 108 Å². The molecule has 3 aliphatic carbocycles. The van der Waals surface area contributed by atoms with Gasteiger partial charge in [0.2, 0.25) is 11.8 Å². The lowest BCUT2D eigenvalue weighted by molar-refractivity contribution is -0.122. The first-order valence-corrected chi connectivity index (χ1v) is 13.2. The number of hydrogen-bond donors (Lipinski definition) is 1. The summed E-state index contributed by atoms with van der Waals surface area (Å²) in [6.45, 7) is 0. The van der Waals surface area contributed by atoms with Gasteiger partial charge in [-0.25, -0.2) is 10.3 Å². The lowest BCUT2D eigenvalue weighted by Crippen LogP contribution is -2.54. The molecule has 2 atom stereocenters. The molecule has 0 unspecified atom stereocenters. The maximum absolute atomic E-state index is 14.3. The molecule has 4 aliphatic rings. The maximum Gasteiger partial charge on any atom is 0.271 e. The van der Waals surface area contributed by atoms with E-state index in [1.807, 2.05) is 66.7 Å². The number of nitrogens with zero attached hydrogens (tertiary/aromatic N) is 2. The molecule has 1 aliphatic heterocycles. The molecule has 196 valence electrons. The van der Waals surface area contributed by atoms with Gasteiger partial charge in [0, 0.05) is 17.7 Å². The van der Waals surface area contributed by atoms with Gasteiger partial charge in [0.15, 0.2) is 0 Å². The standard InChI is InChI=1S/C33H25N3O4/c1-40-22-13-9-10-20(18-22)30(37)35-34-19-33-25-16-7-5-14-23(25)27(24-15-6-8-17-26(24)33)28-29(33)32(39)36(31(28)38)21-11-3-2-4-12-21/h2-19,27-29H,1H3,(H,35,37)/b34-19-/t27?,28-,29+,33?/m1/s1. The number of carbonyl (C=O) groups excluding carboxylic acids is 3. The smallest absolute Gasteiger partial charge is 0.271 e. The number of anilines is 1. The highest BCUT2D eigenvalue weighted by molar-refractivity contribution is 6.25. The summed E-state index contributed by atoms with van der Waals surface area (Å²) in [6, 6.07) is 31.8. The molecule has 7 heteroatoms. The molecule has 8 rings (SSSR count). The minimum atomic E-state index is -1.05. The van der Waals surface area contributed by atoms with Gasteiger partial charge >= 0.3 is 0 Å². The molecule has 1 heterocycles. The minimum Gasteiger partial charge on any atom is -0.497 e. The number of methoxy groups -OCH3 is 1. The van der Waals surface area contributed by atoms with Crippen molar-refractivity contribution in [2.24, 2.45) is 16.9 Å². The summed E-state index contributed by atoms with van der Waals surface area (Å²) in [6.07, 6.45) is 1.66. The van der Waals surface area contributed by atoms with E-state index in [-0.39, 0.29) is 17.7 Å². The molecule has 1 fully saturated rings. The van der Waals surface area contributed by atoms with Gasteiger partial charge in [-0.05, 0) is 52.6 Å². The summed E-state index contributed by atoms with van der Waals surface area (Å²) in [4.78, 5) is 42.8. The fourth-order valence-corrected chi connectivity index (χ4v) is 6.90. The lowest BCUT2D eigenvalue weighted by Gasteiger charge is -2.52. The van der Waals surface area contributed by atoms with Crippen molar-refractivity contribution in [2.45, 2.75) is 11.3 Å². The highest BCUT2D eigenvalue weighted by atomic mass is 16.5. The second-order valence-electron chi connectivity index (χ2n) is 10.3. The summed E-state index contributed by atoms with van der Waals surface area (Å²) < 4.78 is 5.24. The first-order chi connectivity index (χ1) is 19.6. The second kappa shape index (κ2) is 9.02. The van der Waals surface area contributed by atoms with Crippen molar-refractivity contribution in [1.82, 2.24) is 5.43 Å². The Bertz CT molecular complexity index is 1670. The first kappa shape index (κ1) is 24.0. The van der Waals surface area contributed by atoms with E-state index < -0.39 is 23.2 Å². The van der Waals surface area contributed by atoms with Gasteiger partial charge in [-0.15, -0.1) is 0 Å². The van der Waals surface area contributed by atoms with Gasteiger partial charge in [0.05, 0.1) is 30.0 Å². The Hall–Kier alpha value is -5.04. The molecule has 3 amide bonds. The molecule has 0 spiro atoms. The number of hydrogen-bond acceptors (Lipinski definition) is 5. The number of amides is 3. The summed E-state index contributed by atoms with van der Waals surface area (Å²) >= 11 is 0. The predicted molar refractivity (Wildman–Crippen MR) is 150 cm³/mol. The third-order valence-electron chi connectivity index (χ3n) is 8.46. The quantitative estimate of drug-likeness (QED) is 0.232. The number of hydrazone groups is 1. The molecule has 1 saturated heterocycles. The fourth-order valence-electron chi connectivity index (χ4n) is 6.90. The third-order valence-corrected chi connectivity index (χ3v) is 8.46. The van der Waals surface area contributed by atoms with Crippen LogP contribution in [0.25, 0.3) is 0 Å². The van der Waals surface area contributed by atoms with Crippen LogP contribution in [0.4, 0.5) is 5.69 Å². The Labute approximate surface area is 231 Å². The van der Waals surface area contributed by atoms with Crippen LogP contribution in [0.1, 0.15) is 38.5 Å². The summed E-state index contributed by atoms with van der Waals surface area (Å²) in [5, 5.41) is 4.46.